The first kappa shape index (κ1) is 21.9. The molecule has 0 aromatic heterocycles. The average Bonchev–Trinajstić information content (AvgIpc) is 2.70. The van der Waals surface area contributed by atoms with Crippen molar-refractivity contribution in [3.05, 3.63) is 29.3 Å². The van der Waals surface area contributed by atoms with Crippen LogP contribution in [0.5, 0.6) is 5.75 Å². The van der Waals surface area contributed by atoms with Gasteiger partial charge in [0.25, 0.3) is 0 Å². The van der Waals surface area contributed by atoms with Gasteiger partial charge in [-0.1, -0.05) is 19.1 Å². The summed E-state index contributed by atoms with van der Waals surface area (Å²) in [6.07, 6.45) is 5.35. The minimum absolute atomic E-state index is 0.230. The molecule has 5 nitrogen and oxygen atoms in total. The Bertz CT molecular complexity index is 601. The molecule has 0 amide bonds. The molecule has 6 heteroatoms. The number of guanidine groups is 1. The van der Waals surface area contributed by atoms with Crippen molar-refractivity contribution in [1.29, 1.82) is 0 Å². The summed E-state index contributed by atoms with van der Waals surface area (Å²) in [4.78, 5) is 4.81. The van der Waals surface area contributed by atoms with Crippen molar-refractivity contribution in [1.82, 2.24) is 10.6 Å². The zero-order valence-electron chi connectivity index (χ0n) is 17.3. The van der Waals surface area contributed by atoms with E-state index in [9.17, 15) is 0 Å². The quantitative estimate of drug-likeness (QED) is 0.494. The van der Waals surface area contributed by atoms with Crippen molar-refractivity contribution in [3.8, 4) is 5.75 Å². The first-order chi connectivity index (χ1) is 13.1. The van der Waals surface area contributed by atoms with Crippen LogP contribution < -0.4 is 15.4 Å². The molecule has 27 heavy (non-hydrogen) atoms. The van der Waals surface area contributed by atoms with E-state index in [1.165, 1.54) is 5.56 Å². The Balaban J connectivity index is 2.04. The van der Waals surface area contributed by atoms with Gasteiger partial charge in [0.05, 0.1) is 13.2 Å². The van der Waals surface area contributed by atoms with E-state index in [0.29, 0.717) is 6.54 Å². The highest BCUT2D eigenvalue weighted by Crippen LogP contribution is 2.33. The molecule has 0 radical (unpaired) electrons. The third kappa shape index (κ3) is 6.92. The summed E-state index contributed by atoms with van der Waals surface area (Å²) in [6.45, 7) is 11.1. The third-order valence-corrected chi connectivity index (χ3v) is 6.27. The highest BCUT2D eigenvalue weighted by atomic mass is 32.2. The minimum Gasteiger partial charge on any atom is -0.493 e. The standard InChI is InChI=1S/C21H35N3O2S/c1-5-11-26-19-14-17(3)7-8-18(19)15-23-20(22-6-2)24-16-21(27-4)9-12-25-13-10-21/h7-8,14H,5-6,9-13,15-16H2,1-4H3,(H2,22,23,24). The van der Waals surface area contributed by atoms with Gasteiger partial charge >= 0.3 is 0 Å². The topological polar surface area (TPSA) is 54.9 Å². The molecule has 2 rings (SSSR count). The number of aliphatic imine (C=N–C) groups is 1. The van der Waals surface area contributed by atoms with Crippen LogP contribution >= 0.6 is 11.8 Å². The Morgan fingerprint density at radius 1 is 1.26 bits per heavy atom. The van der Waals surface area contributed by atoms with E-state index in [2.05, 4.69) is 55.9 Å². The van der Waals surface area contributed by atoms with Crippen molar-refractivity contribution in [3.63, 3.8) is 0 Å². The van der Waals surface area contributed by atoms with Crippen LogP contribution in [0, 0.1) is 6.92 Å². The molecule has 0 bridgehead atoms. The maximum Gasteiger partial charge on any atom is 0.191 e. The fraction of sp³-hybridized carbons (Fsp3) is 0.667. The predicted octanol–water partition coefficient (Wildman–Crippen LogP) is 3.75. The highest BCUT2D eigenvalue weighted by Gasteiger charge is 2.31. The molecule has 1 heterocycles. The molecule has 0 unspecified atom stereocenters. The van der Waals surface area contributed by atoms with Gasteiger partial charge in [0, 0.05) is 36.6 Å². The lowest BCUT2D eigenvalue weighted by atomic mass is 9.99. The molecule has 1 aromatic rings. The number of rotatable bonds is 9. The predicted molar refractivity (Wildman–Crippen MR) is 116 cm³/mol. The van der Waals surface area contributed by atoms with Gasteiger partial charge in [-0.3, -0.25) is 0 Å². The van der Waals surface area contributed by atoms with E-state index in [1.807, 2.05) is 11.8 Å². The molecule has 0 atom stereocenters. The van der Waals surface area contributed by atoms with E-state index in [-0.39, 0.29) is 4.75 Å². The summed E-state index contributed by atoms with van der Waals surface area (Å²) in [5, 5.41) is 6.91. The summed E-state index contributed by atoms with van der Waals surface area (Å²) in [5.74, 6) is 1.81. The van der Waals surface area contributed by atoms with Crippen LogP contribution in [0.3, 0.4) is 0 Å². The van der Waals surface area contributed by atoms with Crippen molar-refractivity contribution in [2.45, 2.75) is 51.3 Å². The molecule has 0 aliphatic carbocycles. The van der Waals surface area contributed by atoms with Crippen LogP contribution in [0.25, 0.3) is 0 Å². The van der Waals surface area contributed by atoms with E-state index in [1.54, 1.807) is 0 Å². The molecule has 1 aromatic carbocycles. The Hall–Kier alpha value is -1.40. The van der Waals surface area contributed by atoms with Gasteiger partial charge in [-0.15, -0.1) is 0 Å². The van der Waals surface area contributed by atoms with E-state index in [0.717, 1.165) is 69.4 Å². The van der Waals surface area contributed by atoms with Gasteiger partial charge in [-0.2, -0.15) is 11.8 Å². The second-order valence-corrected chi connectivity index (χ2v) is 8.28. The monoisotopic (exact) mass is 393 g/mol. The van der Waals surface area contributed by atoms with Crippen LogP contribution in [0.15, 0.2) is 23.2 Å². The molecule has 0 spiro atoms. The fourth-order valence-electron chi connectivity index (χ4n) is 3.09. The zero-order chi connectivity index (χ0) is 19.5. The number of hydrogen-bond donors (Lipinski definition) is 2. The smallest absolute Gasteiger partial charge is 0.191 e. The Labute approximate surface area is 168 Å². The Morgan fingerprint density at radius 2 is 2.04 bits per heavy atom. The first-order valence-electron chi connectivity index (χ1n) is 10.00. The number of nitrogens with one attached hydrogen (secondary N) is 2. The van der Waals surface area contributed by atoms with Crippen molar-refractivity contribution in [2.24, 2.45) is 4.99 Å². The summed E-state index contributed by atoms with van der Waals surface area (Å²) in [7, 11) is 0. The fourth-order valence-corrected chi connectivity index (χ4v) is 3.88. The number of ether oxygens (including phenoxy) is 2. The number of benzene rings is 1. The summed E-state index contributed by atoms with van der Waals surface area (Å²) >= 11 is 1.94. The summed E-state index contributed by atoms with van der Waals surface area (Å²) in [6, 6.07) is 6.34. The maximum absolute atomic E-state index is 5.92. The van der Waals surface area contributed by atoms with Crippen LogP contribution in [0.1, 0.15) is 44.2 Å². The molecule has 1 saturated heterocycles. The maximum atomic E-state index is 5.92. The Morgan fingerprint density at radius 3 is 2.70 bits per heavy atom. The second-order valence-electron chi connectivity index (χ2n) is 7.01. The lowest BCUT2D eigenvalue weighted by Crippen LogP contribution is -2.47. The lowest BCUT2D eigenvalue weighted by Gasteiger charge is -2.36. The first-order valence-corrected chi connectivity index (χ1v) is 11.2. The van der Waals surface area contributed by atoms with Gasteiger partial charge in [0.15, 0.2) is 5.96 Å². The molecular weight excluding hydrogens is 358 g/mol. The minimum atomic E-state index is 0.230. The number of thioether (sulfide) groups is 1. The molecule has 2 N–H and O–H groups in total. The molecule has 0 saturated carbocycles. The Kier molecular flexibility index (Phi) is 9.28. The molecule has 1 aliphatic heterocycles. The van der Waals surface area contributed by atoms with Crippen LogP contribution in [0.4, 0.5) is 0 Å². The number of hydrogen-bond acceptors (Lipinski definition) is 4. The van der Waals surface area contributed by atoms with Gasteiger partial charge in [-0.25, -0.2) is 4.99 Å². The van der Waals surface area contributed by atoms with Crippen LogP contribution in [-0.2, 0) is 11.3 Å². The average molecular weight is 394 g/mol. The SMILES string of the molecule is CCCOc1cc(C)ccc1CN=C(NCC)NCC1(SC)CCOCC1. The largest absolute Gasteiger partial charge is 0.493 e. The molecular formula is C21H35N3O2S. The number of nitrogens with zero attached hydrogens (tertiary/aromatic N) is 1. The molecule has 152 valence electrons. The molecule has 1 fully saturated rings. The highest BCUT2D eigenvalue weighted by molar-refractivity contribution is 8.00. The number of aryl methyl sites for hydroxylation is 1. The summed E-state index contributed by atoms with van der Waals surface area (Å²) < 4.78 is 11.7. The second kappa shape index (κ2) is 11.4. The van der Waals surface area contributed by atoms with E-state index in [4.69, 9.17) is 14.5 Å². The zero-order valence-corrected chi connectivity index (χ0v) is 18.1. The van der Waals surface area contributed by atoms with Gasteiger partial charge < -0.3 is 20.1 Å². The normalized spacial score (nSPS) is 16.8. The van der Waals surface area contributed by atoms with Gasteiger partial charge in [0.2, 0.25) is 0 Å². The van der Waals surface area contributed by atoms with Crippen molar-refractivity contribution in [2.75, 3.05) is 39.2 Å². The van der Waals surface area contributed by atoms with Crippen LogP contribution in [0.2, 0.25) is 0 Å². The third-order valence-electron chi connectivity index (χ3n) is 4.85. The van der Waals surface area contributed by atoms with Crippen molar-refractivity contribution < 1.29 is 9.47 Å². The van der Waals surface area contributed by atoms with Crippen molar-refractivity contribution >= 4 is 17.7 Å². The summed E-state index contributed by atoms with van der Waals surface area (Å²) in [5.41, 5.74) is 2.33. The van der Waals surface area contributed by atoms with E-state index < -0.39 is 0 Å². The van der Waals surface area contributed by atoms with E-state index >= 15 is 0 Å². The van der Waals surface area contributed by atoms with Gasteiger partial charge in [-0.05, 0) is 51.0 Å². The molecule has 1 aliphatic rings. The lowest BCUT2D eigenvalue weighted by molar-refractivity contribution is 0.0783. The van der Waals surface area contributed by atoms with Crippen LogP contribution in [-0.4, -0.2) is 49.9 Å². The van der Waals surface area contributed by atoms with Gasteiger partial charge in [0.1, 0.15) is 5.75 Å².